The number of carbonyl (C=O) groups is 1. The molecule has 3 aliphatic rings. The largest absolute Gasteiger partial charge is 0.371 e. The van der Waals surface area contributed by atoms with Crippen LogP contribution in [0.4, 0.5) is 10.3 Å². The lowest BCUT2D eigenvalue weighted by molar-refractivity contribution is -0.136. The van der Waals surface area contributed by atoms with Crippen LogP contribution < -0.4 is 4.90 Å². The fourth-order valence-corrected chi connectivity index (χ4v) is 3.93. The van der Waals surface area contributed by atoms with Crippen LogP contribution in [0.5, 0.6) is 0 Å². The second kappa shape index (κ2) is 6.84. The van der Waals surface area contributed by atoms with Crippen LogP contribution in [-0.2, 0) is 14.3 Å². The van der Waals surface area contributed by atoms with Crippen LogP contribution in [0, 0.1) is 11.7 Å². The van der Waals surface area contributed by atoms with Crippen molar-refractivity contribution in [1.82, 2.24) is 14.9 Å². The van der Waals surface area contributed by atoms with Gasteiger partial charge < -0.3 is 19.3 Å². The molecule has 0 radical (unpaired) electrons. The van der Waals surface area contributed by atoms with Crippen molar-refractivity contribution in [3.63, 3.8) is 0 Å². The first-order chi connectivity index (χ1) is 12.2. The first-order valence-electron chi connectivity index (χ1n) is 8.88. The highest BCUT2D eigenvalue weighted by atomic mass is 19.1. The summed E-state index contributed by atoms with van der Waals surface area (Å²) in [4.78, 5) is 23.9. The molecule has 8 heteroatoms. The fourth-order valence-electron chi connectivity index (χ4n) is 3.93. The third-order valence-electron chi connectivity index (χ3n) is 5.41. The van der Waals surface area contributed by atoms with E-state index in [1.165, 1.54) is 12.4 Å². The van der Waals surface area contributed by atoms with Crippen LogP contribution in [0.2, 0.25) is 0 Å². The van der Waals surface area contributed by atoms with Crippen LogP contribution >= 0.6 is 0 Å². The van der Waals surface area contributed by atoms with E-state index in [1.54, 1.807) is 0 Å². The SMILES string of the molecule is O=C(COC[C@@H]1CCOC12CN(c1ncc(F)cn1)C2)N1CCCC1. The second-order valence-electron chi connectivity index (χ2n) is 7.06. The highest BCUT2D eigenvalue weighted by Crippen LogP contribution is 2.41. The van der Waals surface area contributed by atoms with Gasteiger partial charge in [0.1, 0.15) is 12.2 Å². The Labute approximate surface area is 146 Å². The number of anilines is 1. The zero-order chi connectivity index (χ0) is 17.3. The zero-order valence-electron chi connectivity index (χ0n) is 14.2. The van der Waals surface area contributed by atoms with Gasteiger partial charge in [-0.05, 0) is 19.3 Å². The lowest BCUT2D eigenvalue weighted by Gasteiger charge is -2.50. The smallest absolute Gasteiger partial charge is 0.248 e. The number of carbonyl (C=O) groups excluding carboxylic acids is 1. The van der Waals surface area contributed by atoms with E-state index in [-0.39, 0.29) is 24.0 Å². The molecule has 3 fully saturated rings. The Kier molecular flexibility index (Phi) is 4.56. The average Bonchev–Trinajstić information content (AvgIpc) is 3.24. The highest BCUT2D eigenvalue weighted by Gasteiger charge is 2.53. The Bertz CT molecular complexity index is 615. The number of rotatable bonds is 5. The molecule has 0 unspecified atom stereocenters. The molecule has 4 rings (SSSR count). The van der Waals surface area contributed by atoms with Gasteiger partial charge in [0.05, 0.1) is 32.1 Å². The van der Waals surface area contributed by atoms with Crippen molar-refractivity contribution in [2.24, 2.45) is 5.92 Å². The molecular weight excluding hydrogens is 327 g/mol. The summed E-state index contributed by atoms with van der Waals surface area (Å²) >= 11 is 0. The number of likely N-dealkylation sites (tertiary alicyclic amines) is 1. The van der Waals surface area contributed by atoms with Gasteiger partial charge >= 0.3 is 0 Å². The fraction of sp³-hybridized carbons (Fsp3) is 0.706. The van der Waals surface area contributed by atoms with Crippen molar-refractivity contribution in [2.75, 3.05) is 50.9 Å². The highest BCUT2D eigenvalue weighted by molar-refractivity contribution is 5.77. The summed E-state index contributed by atoms with van der Waals surface area (Å²) in [5.41, 5.74) is -0.256. The summed E-state index contributed by atoms with van der Waals surface area (Å²) in [6.45, 7) is 4.43. The minimum absolute atomic E-state index is 0.0837. The van der Waals surface area contributed by atoms with Gasteiger partial charge in [-0.3, -0.25) is 4.79 Å². The van der Waals surface area contributed by atoms with Gasteiger partial charge in [0.25, 0.3) is 0 Å². The van der Waals surface area contributed by atoms with Crippen LogP contribution in [-0.4, -0.2) is 72.4 Å². The molecule has 3 saturated heterocycles. The number of aromatic nitrogens is 2. The molecule has 1 spiro atoms. The van der Waals surface area contributed by atoms with Gasteiger partial charge in [-0.15, -0.1) is 0 Å². The van der Waals surface area contributed by atoms with E-state index in [4.69, 9.17) is 9.47 Å². The summed E-state index contributed by atoms with van der Waals surface area (Å²) in [6.07, 6.45) is 5.45. The molecule has 4 heterocycles. The molecule has 3 aliphatic heterocycles. The van der Waals surface area contributed by atoms with Gasteiger partial charge in [-0.1, -0.05) is 0 Å². The molecule has 0 aliphatic carbocycles. The number of ether oxygens (including phenoxy) is 2. The lowest BCUT2D eigenvalue weighted by Crippen LogP contribution is -2.66. The van der Waals surface area contributed by atoms with Crippen molar-refractivity contribution in [3.05, 3.63) is 18.2 Å². The molecule has 1 atom stereocenters. The van der Waals surface area contributed by atoms with Crippen molar-refractivity contribution in [1.29, 1.82) is 0 Å². The monoisotopic (exact) mass is 350 g/mol. The van der Waals surface area contributed by atoms with Crippen LogP contribution in [0.1, 0.15) is 19.3 Å². The van der Waals surface area contributed by atoms with Gasteiger partial charge in [-0.2, -0.15) is 0 Å². The summed E-state index contributed by atoms with van der Waals surface area (Å²) in [6, 6.07) is 0. The van der Waals surface area contributed by atoms with Crippen LogP contribution in [0.15, 0.2) is 12.4 Å². The summed E-state index contributed by atoms with van der Waals surface area (Å²) in [5.74, 6) is 0.424. The summed E-state index contributed by atoms with van der Waals surface area (Å²) in [7, 11) is 0. The maximum Gasteiger partial charge on any atom is 0.248 e. The molecule has 1 aromatic rings. The molecule has 1 amide bonds. The Balaban J connectivity index is 1.27. The summed E-state index contributed by atoms with van der Waals surface area (Å²) in [5, 5.41) is 0. The molecule has 7 nitrogen and oxygen atoms in total. The molecular formula is C17H23FN4O3. The number of amides is 1. The predicted octanol–water partition coefficient (Wildman–Crippen LogP) is 0.850. The Morgan fingerprint density at radius 2 is 2.04 bits per heavy atom. The van der Waals surface area contributed by atoms with Gasteiger partial charge in [-0.25, -0.2) is 14.4 Å². The maximum atomic E-state index is 12.9. The van der Waals surface area contributed by atoms with E-state index in [1.807, 2.05) is 9.80 Å². The Morgan fingerprint density at radius 3 is 2.76 bits per heavy atom. The van der Waals surface area contributed by atoms with Crippen molar-refractivity contribution in [3.8, 4) is 0 Å². The van der Waals surface area contributed by atoms with Crippen molar-refractivity contribution >= 4 is 11.9 Å². The first kappa shape index (κ1) is 16.7. The van der Waals surface area contributed by atoms with Gasteiger partial charge in [0.15, 0.2) is 5.82 Å². The van der Waals surface area contributed by atoms with Gasteiger partial charge in [0.2, 0.25) is 11.9 Å². The topological polar surface area (TPSA) is 67.8 Å². The standard InChI is InChI=1S/C17H23FN4O3/c18-14-7-19-16(20-8-14)22-11-17(12-22)13(3-6-25-17)9-24-10-15(23)21-4-1-2-5-21/h7-8,13H,1-6,9-12H2/t13-/m0/s1. The normalized spacial score (nSPS) is 24.8. The number of hydrogen-bond donors (Lipinski definition) is 0. The maximum absolute atomic E-state index is 12.9. The third-order valence-corrected chi connectivity index (χ3v) is 5.41. The first-order valence-corrected chi connectivity index (χ1v) is 8.88. The van der Waals surface area contributed by atoms with E-state index < -0.39 is 5.82 Å². The van der Waals surface area contributed by atoms with E-state index >= 15 is 0 Å². The zero-order valence-corrected chi connectivity index (χ0v) is 14.2. The van der Waals surface area contributed by atoms with E-state index in [0.717, 1.165) is 32.4 Å². The quantitative estimate of drug-likeness (QED) is 0.784. The van der Waals surface area contributed by atoms with E-state index in [0.29, 0.717) is 32.3 Å². The van der Waals surface area contributed by atoms with E-state index in [9.17, 15) is 9.18 Å². The molecule has 0 N–H and O–H groups in total. The predicted molar refractivity (Wildman–Crippen MR) is 87.6 cm³/mol. The van der Waals surface area contributed by atoms with E-state index in [2.05, 4.69) is 9.97 Å². The molecule has 25 heavy (non-hydrogen) atoms. The molecule has 0 saturated carbocycles. The van der Waals surface area contributed by atoms with Crippen molar-refractivity contribution < 1.29 is 18.7 Å². The minimum atomic E-state index is -0.440. The molecule has 0 aromatic carbocycles. The van der Waals surface area contributed by atoms with Gasteiger partial charge in [0, 0.05) is 25.6 Å². The minimum Gasteiger partial charge on any atom is -0.371 e. The number of hydrogen-bond acceptors (Lipinski definition) is 6. The number of halogens is 1. The summed E-state index contributed by atoms with van der Waals surface area (Å²) < 4.78 is 24.6. The third kappa shape index (κ3) is 3.32. The number of nitrogens with zero attached hydrogens (tertiary/aromatic N) is 4. The average molecular weight is 350 g/mol. The Morgan fingerprint density at radius 1 is 1.32 bits per heavy atom. The van der Waals surface area contributed by atoms with Crippen molar-refractivity contribution in [2.45, 2.75) is 24.9 Å². The molecule has 1 aromatic heterocycles. The Hall–Kier alpha value is -1.80. The van der Waals surface area contributed by atoms with Crippen LogP contribution in [0.25, 0.3) is 0 Å². The molecule has 0 bridgehead atoms. The van der Waals surface area contributed by atoms with Crippen LogP contribution in [0.3, 0.4) is 0 Å². The molecule has 136 valence electrons. The lowest BCUT2D eigenvalue weighted by atomic mass is 9.81. The second-order valence-corrected chi connectivity index (χ2v) is 7.06.